The topological polar surface area (TPSA) is 32.3 Å². The van der Waals surface area contributed by atoms with E-state index in [1.807, 2.05) is 11.8 Å². The fourth-order valence-electron chi connectivity index (χ4n) is 3.85. The maximum absolute atomic E-state index is 13.0. The van der Waals surface area contributed by atoms with Crippen LogP contribution in [0.1, 0.15) is 62.6 Å². The van der Waals surface area contributed by atoms with Gasteiger partial charge in [0, 0.05) is 12.5 Å². The van der Waals surface area contributed by atoms with Gasteiger partial charge >= 0.3 is 6.18 Å². The molecule has 1 aromatic rings. The van der Waals surface area contributed by atoms with E-state index in [9.17, 15) is 18.0 Å². The van der Waals surface area contributed by atoms with Gasteiger partial charge in [-0.1, -0.05) is 12.1 Å². The van der Waals surface area contributed by atoms with E-state index in [1.165, 1.54) is 12.1 Å². The Hall–Kier alpha value is -1.56. The van der Waals surface area contributed by atoms with Crippen LogP contribution in [-0.4, -0.2) is 29.9 Å². The lowest BCUT2D eigenvalue weighted by atomic mass is 9.92. The molecule has 1 N–H and O–H groups in total. The molecule has 2 aliphatic rings. The average molecular weight is 368 g/mol. The lowest BCUT2D eigenvalue weighted by Crippen LogP contribution is -2.36. The van der Waals surface area contributed by atoms with E-state index in [-0.39, 0.29) is 18.0 Å². The number of nitrogens with one attached hydrogen (secondary N) is 1. The number of amides is 1. The summed E-state index contributed by atoms with van der Waals surface area (Å²) in [6.45, 7) is 3.86. The van der Waals surface area contributed by atoms with E-state index >= 15 is 0 Å². The Balaban J connectivity index is 1.68. The molecule has 144 valence electrons. The Morgan fingerprint density at radius 1 is 1.23 bits per heavy atom. The minimum absolute atomic E-state index is 0.0796. The molecule has 0 bridgehead atoms. The van der Waals surface area contributed by atoms with Crippen LogP contribution in [0, 0.1) is 5.92 Å². The molecule has 6 heteroatoms. The molecular weight excluding hydrogens is 341 g/mol. The van der Waals surface area contributed by atoms with Crippen LogP contribution in [0.25, 0.3) is 0 Å². The van der Waals surface area contributed by atoms with Gasteiger partial charge in [-0.05, 0) is 75.7 Å². The van der Waals surface area contributed by atoms with Crippen molar-refractivity contribution in [3.8, 4) is 0 Å². The van der Waals surface area contributed by atoms with Crippen molar-refractivity contribution in [1.82, 2.24) is 10.2 Å². The molecule has 3 nitrogen and oxygen atoms in total. The number of alkyl halides is 3. The van der Waals surface area contributed by atoms with E-state index < -0.39 is 11.7 Å². The molecule has 1 unspecified atom stereocenters. The van der Waals surface area contributed by atoms with Gasteiger partial charge in [0.2, 0.25) is 5.91 Å². The molecule has 1 aliphatic carbocycles. The van der Waals surface area contributed by atoms with E-state index in [1.54, 1.807) is 6.07 Å². The molecule has 3 rings (SSSR count). The lowest BCUT2D eigenvalue weighted by molar-refractivity contribution is -0.137. The van der Waals surface area contributed by atoms with E-state index in [0.717, 1.165) is 51.3 Å². The molecule has 1 amide bonds. The molecule has 26 heavy (non-hydrogen) atoms. The number of hydrogen-bond acceptors (Lipinski definition) is 2. The van der Waals surface area contributed by atoms with Crippen LogP contribution in [0.15, 0.2) is 24.3 Å². The Bertz CT molecular complexity index is 622. The monoisotopic (exact) mass is 368 g/mol. The quantitative estimate of drug-likeness (QED) is 0.800. The van der Waals surface area contributed by atoms with E-state index in [2.05, 4.69) is 5.32 Å². The van der Waals surface area contributed by atoms with Crippen molar-refractivity contribution < 1.29 is 18.0 Å². The summed E-state index contributed by atoms with van der Waals surface area (Å²) < 4.78 is 39.0. The predicted molar refractivity (Wildman–Crippen MR) is 94.6 cm³/mol. The zero-order valence-electron chi connectivity index (χ0n) is 15.2. The first-order chi connectivity index (χ1) is 12.4. The second-order valence-corrected chi connectivity index (χ2v) is 7.56. The summed E-state index contributed by atoms with van der Waals surface area (Å²) >= 11 is 0. The first kappa shape index (κ1) is 19.2. The van der Waals surface area contributed by atoms with Gasteiger partial charge in [-0.3, -0.25) is 4.79 Å². The van der Waals surface area contributed by atoms with Gasteiger partial charge in [-0.2, -0.15) is 13.2 Å². The number of nitrogens with zero attached hydrogens (tertiary/aromatic N) is 1. The molecule has 1 atom stereocenters. The molecule has 0 radical (unpaired) electrons. The highest BCUT2D eigenvalue weighted by Gasteiger charge is 2.37. The van der Waals surface area contributed by atoms with Gasteiger partial charge < -0.3 is 10.2 Å². The zero-order valence-corrected chi connectivity index (χ0v) is 15.2. The Morgan fingerprint density at radius 2 is 1.92 bits per heavy atom. The number of benzene rings is 1. The SMILES string of the molecule is CC(c1cccc(C(F)(F)F)c1)N(C(=O)CCC1CCNCC1)C1CC1. The lowest BCUT2D eigenvalue weighted by Gasteiger charge is -2.31. The second-order valence-electron chi connectivity index (χ2n) is 7.56. The normalized spacial score (nSPS) is 20.0. The summed E-state index contributed by atoms with van der Waals surface area (Å²) in [7, 11) is 0. The molecule has 0 spiro atoms. The van der Waals surface area contributed by atoms with Crippen molar-refractivity contribution in [2.45, 2.75) is 63.7 Å². The van der Waals surface area contributed by atoms with E-state index in [0.29, 0.717) is 17.9 Å². The smallest absolute Gasteiger partial charge is 0.333 e. The highest BCUT2D eigenvalue weighted by molar-refractivity contribution is 5.77. The van der Waals surface area contributed by atoms with Gasteiger partial charge in [0.15, 0.2) is 0 Å². The Labute approximate surface area is 152 Å². The number of rotatable bonds is 6. The standard InChI is InChI=1S/C20H27F3N2O/c1-14(16-3-2-4-17(13-16)20(21,22)23)25(18-6-7-18)19(26)8-5-15-9-11-24-12-10-15/h2-4,13-15,18,24H,5-12H2,1H3. The molecule has 1 saturated carbocycles. The number of piperidine rings is 1. The average Bonchev–Trinajstić information content (AvgIpc) is 3.45. The maximum Gasteiger partial charge on any atom is 0.416 e. The molecule has 0 aromatic heterocycles. The van der Waals surface area contributed by atoms with Gasteiger partial charge in [0.25, 0.3) is 0 Å². The highest BCUT2D eigenvalue weighted by atomic mass is 19.4. The van der Waals surface area contributed by atoms with Crippen LogP contribution in [0.2, 0.25) is 0 Å². The van der Waals surface area contributed by atoms with Crippen LogP contribution in [0.3, 0.4) is 0 Å². The number of carbonyl (C=O) groups excluding carboxylic acids is 1. The first-order valence-corrected chi connectivity index (χ1v) is 9.55. The fraction of sp³-hybridized carbons (Fsp3) is 0.650. The molecule has 1 heterocycles. The second kappa shape index (κ2) is 7.99. The fourth-order valence-corrected chi connectivity index (χ4v) is 3.85. The molecule has 1 saturated heterocycles. The molecule has 2 fully saturated rings. The zero-order chi connectivity index (χ0) is 18.7. The Morgan fingerprint density at radius 3 is 2.54 bits per heavy atom. The van der Waals surface area contributed by atoms with Gasteiger partial charge in [0.05, 0.1) is 11.6 Å². The van der Waals surface area contributed by atoms with Crippen LogP contribution >= 0.6 is 0 Å². The molecular formula is C20H27F3N2O. The van der Waals surface area contributed by atoms with Crippen molar-refractivity contribution in [3.63, 3.8) is 0 Å². The van der Waals surface area contributed by atoms with Crippen LogP contribution in [0.5, 0.6) is 0 Å². The summed E-state index contributed by atoms with van der Waals surface area (Å²) in [5.74, 6) is 0.654. The third-order valence-electron chi connectivity index (χ3n) is 5.57. The highest BCUT2D eigenvalue weighted by Crippen LogP contribution is 2.37. The van der Waals surface area contributed by atoms with Crippen molar-refractivity contribution in [1.29, 1.82) is 0 Å². The summed E-state index contributed by atoms with van der Waals surface area (Å²) in [6.07, 6.45) is 1.09. The van der Waals surface area contributed by atoms with Gasteiger partial charge in [-0.25, -0.2) is 0 Å². The minimum atomic E-state index is -4.36. The van der Waals surface area contributed by atoms with E-state index in [4.69, 9.17) is 0 Å². The summed E-state index contributed by atoms with van der Waals surface area (Å²) in [5.41, 5.74) is -0.0957. The maximum atomic E-state index is 13.0. The van der Waals surface area contributed by atoms with Gasteiger partial charge in [0.1, 0.15) is 0 Å². The summed E-state index contributed by atoms with van der Waals surface area (Å²) in [6, 6.07) is 5.23. The predicted octanol–water partition coefficient (Wildman–Crippen LogP) is 4.54. The van der Waals surface area contributed by atoms with Crippen molar-refractivity contribution >= 4 is 5.91 Å². The summed E-state index contributed by atoms with van der Waals surface area (Å²) in [5, 5.41) is 3.32. The minimum Gasteiger partial charge on any atom is -0.333 e. The third kappa shape index (κ3) is 4.78. The van der Waals surface area contributed by atoms with Crippen LogP contribution in [0.4, 0.5) is 13.2 Å². The first-order valence-electron chi connectivity index (χ1n) is 9.55. The number of carbonyl (C=O) groups is 1. The van der Waals surface area contributed by atoms with Crippen LogP contribution in [-0.2, 0) is 11.0 Å². The number of hydrogen-bond donors (Lipinski definition) is 1. The Kier molecular flexibility index (Phi) is 5.90. The van der Waals surface area contributed by atoms with Crippen molar-refractivity contribution in [2.75, 3.05) is 13.1 Å². The third-order valence-corrected chi connectivity index (χ3v) is 5.57. The number of halogens is 3. The summed E-state index contributed by atoms with van der Waals surface area (Å²) in [4.78, 5) is 14.7. The molecule has 1 aromatic carbocycles. The van der Waals surface area contributed by atoms with Crippen molar-refractivity contribution in [3.05, 3.63) is 35.4 Å². The van der Waals surface area contributed by atoms with Crippen molar-refractivity contribution in [2.24, 2.45) is 5.92 Å². The molecule has 1 aliphatic heterocycles. The van der Waals surface area contributed by atoms with Gasteiger partial charge in [-0.15, -0.1) is 0 Å². The largest absolute Gasteiger partial charge is 0.416 e. The van der Waals surface area contributed by atoms with Crippen LogP contribution < -0.4 is 5.32 Å².